The Morgan fingerprint density at radius 3 is 2.92 bits per heavy atom. The normalized spacial score (nSPS) is 17.5. The third-order valence-electron chi connectivity index (χ3n) is 4.48. The number of piperidine rings is 1. The standard InChI is InChI=1S/C18H18ClN5OS/c1-12-8-9-16(26-12)18(25)23-10-3-2-7-15(23)17-20-22-24(21-17)14-6-4-5-13(19)11-14/h4-6,8-9,11,15H,2-3,7,10H2,1H3. The van der Waals surface area contributed by atoms with Crippen LogP contribution in [-0.2, 0) is 0 Å². The van der Waals surface area contributed by atoms with Gasteiger partial charge in [-0.15, -0.1) is 26.3 Å². The van der Waals surface area contributed by atoms with Crippen molar-refractivity contribution in [1.29, 1.82) is 0 Å². The van der Waals surface area contributed by atoms with Crippen LogP contribution in [0.3, 0.4) is 0 Å². The third kappa shape index (κ3) is 3.37. The number of halogens is 1. The van der Waals surface area contributed by atoms with Crippen molar-refractivity contribution in [3.05, 3.63) is 57.0 Å². The summed E-state index contributed by atoms with van der Waals surface area (Å²) in [5.74, 6) is 0.623. The molecule has 6 nitrogen and oxygen atoms in total. The van der Waals surface area contributed by atoms with E-state index < -0.39 is 0 Å². The van der Waals surface area contributed by atoms with Gasteiger partial charge in [-0.3, -0.25) is 4.79 Å². The number of hydrogen-bond acceptors (Lipinski definition) is 5. The summed E-state index contributed by atoms with van der Waals surface area (Å²) in [5.41, 5.74) is 0.749. The summed E-state index contributed by atoms with van der Waals surface area (Å²) in [6.45, 7) is 2.72. The number of hydrogen-bond donors (Lipinski definition) is 0. The second-order valence-electron chi connectivity index (χ2n) is 6.34. The number of likely N-dealkylation sites (tertiary alicyclic amines) is 1. The SMILES string of the molecule is Cc1ccc(C(=O)N2CCCCC2c2nnn(-c3cccc(Cl)c3)n2)s1. The lowest BCUT2D eigenvalue weighted by atomic mass is 10.0. The predicted molar refractivity (Wildman–Crippen MR) is 101 cm³/mol. The van der Waals surface area contributed by atoms with Gasteiger partial charge in [0.1, 0.15) is 0 Å². The van der Waals surface area contributed by atoms with E-state index in [0.717, 1.165) is 34.7 Å². The molecule has 4 rings (SSSR count). The first-order valence-electron chi connectivity index (χ1n) is 8.55. The van der Waals surface area contributed by atoms with E-state index in [2.05, 4.69) is 15.4 Å². The molecule has 1 aromatic carbocycles. The quantitative estimate of drug-likeness (QED) is 0.680. The molecule has 1 atom stereocenters. The third-order valence-corrected chi connectivity index (χ3v) is 5.70. The molecule has 3 heterocycles. The van der Waals surface area contributed by atoms with Crippen molar-refractivity contribution in [2.75, 3.05) is 6.54 Å². The van der Waals surface area contributed by atoms with Crippen molar-refractivity contribution in [3.63, 3.8) is 0 Å². The molecule has 0 aliphatic carbocycles. The zero-order valence-corrected chi connectivity index (χ0v) is 15.9. The highest BCUT2D eigenvalue weighted by Crippen LogP contribution is 2.31. The molecule has 0 N–H and O–H groups in total. The van der Waals surface area contributed by atoms with Gasteiger partial charge in [-0.2, -0.15) is 0 Å². The lowest BCUT2D eigenvalue weighted by Gasteiger charge is -2.33. The highest BCUT2D eigenvalue weighted by molar-refractivity contribution is 7.13. The summed E-state index contributed by atoms with van der Waals surface area (Å²) < 4.78 is 0. The van der Waals surface area contributed by atoms with Crippen molar-refractivity contribution in [2.45, 2.75) is 32.2 Å². The van der Waals surface area contributed by atoms with E-state index in [0.29, 0.717) is 17.4 Å². The number of aromatic nitrogens is 4. The van der Waals surface area contributed by atoms with Crippen LogP contribution in [-0.4, -0.2) is 37.6 Å². The van der Waals surface area contributed by atoms with Crippen molar-refractivity contribution >= 4 is 28.8 Å². The molecule has 1 amide bonds. The molecule has 26 heavy (non-hydrogen) atoms. The molecular weight excluding hydrogens is 370 g/mol. The number of tetrazole rings is 1. The Morgan fingerprint density at radius 1 is 1.27 bits per heavy atom. The van der Waals surface area contributed by atoms with Gasteiger partial charge in [0.25, 0.3) is 5.91 Å². The molecule has 0 saturated carbocycles. The van der Waals surface area contributed by atoms with E-state index in [9.17, 15) is 4.79 Å². The Morgan fingerprint density at radius 2 is 2.15 bits per heavy atom. The fraction of sp³-hybridized carbons (Fsp3) is 0.333. The summed E-state index contributed by atoms with van der Waals surface area (Å²) in [6, 6.07) is 11.0. The maximum absolute atomic E-state index is 13.0. The Hall–Kier alpha value is -2.25. The summed E-state index contributed by atoms with van der Waals surface area (Å²) in [5, 5.41) is 13.5. The number of benzene rings is 1. The van der Waals surface area contributed by atoms with Crippen LogP contribution < -0.4 is 0 Å². The predicted octanol–water partition coefficient (Wildman–Crippen LogP) is 4.05. The van der Waals surface area contributed by atoms with Gasteiger partial charge in [0.05, 0.1) is 16.6 Å². The second-order valence-corrected chi connectivity index (χ2v) is 8.06. The van der Waals surface area contributed by atoms with Gasteiger partial charge in [0.15, 0.2) is 5.82 Å². The molecule has 134 valence electrons. The Labute approximate surface area is 160 Å². The summed E-state index contributed by atoms with van der Waals surface area (Å²) in [4.78, 5) is 18.2. The minimum absolute atomic E-state index is 0.0481. The fourth-order valence-corrected chi connectivity index (χ4v) is 4.21. The number of amides is 1. The smallest absolute Gasteiger partial charge is 0.264 e. The Kier molecular flexibility index (Phi) is 4.74. The zero-order valence-electron chi connectivity index (χ0n) is 14.3. The van der Waals surface area contributed by atoms with Gasteiger partial charge in [-0.05, 0) is 61.7 Å². The minimum atomic E-state index is -0.147. The van der Waals surface area contributed by atoms with E-state index in [1.807, 2.05) is 36.1 Å². The number of carbonyl (C=O) groups excluding carboxylic acids is 1. The van der Waals surface area contributed by atoms with E-state index >= 15 is 0 Å². The Balaban J connectivity index is 1.62. The van der Waals surface area contributed by atoms with Gasteiger partial charge in [-0.25, -0.2) is 0 Å². The molecule has 0 bridgehead atoms. The van der Waals surface area contributed by atoms with Crippen LogP contribution in [0.5, 0.6) is 0 Å². The van der Waals surface area contributed by atoms with Crippen molar-refractivity contribution in [3.8, 4) is 5.69 Å². The molecule has 2 aromatic heterocycles. The average molecular weight is 388 g/mol. The van der Waals surface area contributed by atoms with Crippen molar-refractivity contribution < 1.29 is 4.79 Å². The molecule has 1 saturated heterocycles. The van der Waals surface area contributed by atoms with Gasteiger partial charge < -0.3 is 4.90 Å². The molecule has 1 fully saturated rings. The van der Waals surface area contributed by atoms with Crippen molar-refractivity contribution in [2.24, 2.45) is 0 Å². The second kappa shape index (κ2) is 7.17. The Bertz CT molecular complexity index is 937. The minimum Gasteiger partial charge on any atom is -0.328 e. The first-order chi connectivity index (χ1) is 12.6. The molecule has 3 aromatic rings. The summed E-state index contributed by atoms with van der Waals surface area (Å²) >= 11 is 7.57. The molecule has 1 aliphatic heterocycles. The lowest BCUT2D eigenvalue weighted by molar-refractivity contribution is 0.0605. The number of nitrogens with zero attached hydrogens (tertiary/aromatic N) is 5. The van der Waals surface area contributed by atoms with Crippen LogP contribution in [0.4, 0.5) is 0 Å². The number of rotatable bonds is 3. The molecule has 0 spiro atoms. The zero-order chi connectivity index (χ0) is 18.1. The number of carbonyl (C=O) groups is 1. The van der Waals surface area contributed by atoms with Crippen LogP contribution in [0.25, 0.3) is 5.69 Å². The lowest BCUT2D eigenvalue weighted by Crippen LogP contribution is -2.38. The summed E-state index contributed by atoms with van der Waals surface area (Å²) in [6.07, 6.45) is 2.88. The molecular formula is C18H18ClN5OS. The highest BCUT2D eigenvalue weighted by Gasteiger charge is 2.32. The molecule has 0 radical (unpaired) electrons. The largest absolute Gasteiger partial charge is 0.328 e. The summed E-state index contributed by atoms with van der Waals surface area (Å²) in [7, 11) is 0. The van der Waals surface area contributed by atoms with Gasteiger partial charge in [-0.1, -0.05) is 17.7 Å². The topological polar surface area (TPSA) is 63.9 Å². The number of thiophene rings is 1. The first-order valence-corrected chi connectivity index (χ1v) is 9.74. The fourth-order valence-electron chi connectivity index (χ4n) is 3.20. The van der Waals surface area contributed by atoms with Crippen LogP contribution >= 0.6 is 22.9 Å². The molecule has 1 unspecified atom stereocenters. The average Bonchev–Trinajstić information content (AvgIpc) is 3.30. The monoisotopic (exact) mass is 387 g/mol. The highest BCUT2D eigenvalue weighted by atomic mass is 35.5. The maximum Gasteiger partial charge on any atom is 0.264 e. The molecule has 8 heteroatoms. The van der Waals surface area contributed by atoms with Crippen LogP contribution in [0.1, 0.15) is 45.7 Å². The first kappa shape index (κ1) is 17.2. The van der Waals surface area contributed by atoms with Crippen molar-refractivity contribution in [1.82, 2.24) is 25.1 Å². The molecule has 1 aliphatic rings. The van der Waals surface area contributed by atoms with Crippen LogP contribution in [0, 0.1) is 6.92 Å². The van der Waals surface area contributed by atoms with Crippen LogP contribution in [0.15, 0.2) is 36.4 Å². The van der Waals surface area contributed by atoms with E-state index in [1.165, 1.54) is 16.1 Å². The van der Waals surface area contributed by atoms with Gasteiger partial charge >= 0.3 is 0 Å². The van der Waals surface area contributed by atoms with Gasteiger partial charge in [0.2, 0.25) is 0 Å². The maximum atomic E-state index is 13.0. The van der Waals surface area contributed by atoms with E-state index in [1.54, 1.807) is 12.1 Å². The van der Waals surface area contributed by atoms with E-state index in [-0.39, 0.29) is 11.9 Å². The van der Waals surface area contributed by atoms with Gasteiger partial charge in [0, 0.05) is 16.4 Å². The van der Waals surface area contributed by atoms with E-state index in [4.69, 9.17) is 11.6 Å². The number of aryl methyl sites for hydroxylation is 1. The van der Waals surface area contributed by atoms with Crippen LogP contribution in [0.2, 0.25) is 5.02 Å².